The molecule has 0 atom stereocenters. The van der Waals surface area contributed by atoms with Crippen molar-refractivity contribution >= 4 is 5.78 Å². The summed E-state index contributed by atoms with van der Waals surface area (Å²) in [4.78, 5) is 12.8. The summed E-state index contributed by atoms with van der Waals surface area (Å²) < 4.78 is 5.39. The highest BCUT2D eigenvalue weighted by Gasteiger charge is 2.37. The summed E-state index contributed by atoms with van der Waals surface area (Å²) in [5, 5.41) is 0. The zero-order valence-corrected chi connectivity index (χ0v) is 12.1. The zero-order chi connectivity index (χ0) is 14.0. The van der Waals surface area contributed by atoms with Crippen molar-refractivity contribution in [2.75, 3.05) is 7.11 Å². The van der Waals surface area contributed by atoms with Gasteiger partial charge in [-0.2, -0.15) is 0 Å². The van der Waals surface area contributed by atoms with Crippen molar-refractivity contribution in [2.45, 2.75) is 51.5 Å². The first-order chi connectivity index (χ1) is 8.98. The molecule has 1 fully saturated rings. The number of hydrogen-bond donors (Lipinski definition) is 1. The lowest BCUT2D eigenvalue weighted by molar-refractivity contribution is 0.0844. The van der Waals surface area contributed by atoms with E-state index < -0.39 is 5.54 Å². The number of ketones is 1. The lowest BCUT2D eigenvalue weighted by Gasteiger charge is -2.32. The number of benzene rings is 1. The Balaban J connectivity index is 2.43. The van der Waals surface area contributed by atoms with Crippen LogP contribution in [-0.2, 0) is 0 Å². The van der Waals surface area contributed by atoms with Gasteiger partial charge in [0.25, 0.3) is 0 Å². The van der Waals surface area contributed by atoms with Gasteiger partial charge in [0.2, 0.25) is 0 Å². The Hall–Kier alpha value is -1.35. The maximum Gasteiger partial charge on any atom is 0.186 e. The van der Waals surface area contributed by atoms with Crippen LogP contribution in [0.3, 0.4) is 0 Å². The summed E-state index contributed by atoms with van der Waals surface area (Å²) in [6, 6.07) is 3.92. The van der Waals surface area contributed by atoms with Crippen molar-refractivity contribution < 1.29 is 9.53 Å². The second-order valence-electron chi connectivity index (χ2n) is 5.71. The van der Waals surface area contributed by atoms with Gasteiger partial charge in [-0.05, 0) is 43.9 Å². The molecule has 104 valence electrons. The average molecular weight is 261 g/mol. The number of nitrogens with two attached hydrogens (primary N) is 1. The number of carbonyl (C=O) groups is 1. The highest BCUT2D eigenvalue weighted by Crippen LogP contribution is 2.34. The maximum atomic E-state index is 12.8. The first kappa shape index (κ1) is 14.1. The Morgan fingerprint density at radius 1 is 1.21 bits per heavy atom. The van der Waals surface area contributed by atoms with Gasteiger partial charge >= 0.3 is 0 Å². The summed E-state index contributed by atoms with van der Waals surface area (Å²) in [5.41, 5.74) is 8.38. The van der Waals surface area contributed by atoms with Crippen LogP contribution in [0.15, 0.2) is 12.1 Å². The van der Waals surface area contributed by atoms with Crippen LogP contribution in [0.5, 0.6) is 5.75 Å². The van der Waals surface area contributed by atoms with Gasteiger partial charge in [-0.15, -0.1) is 0 Å². The predicted octanol–water partition coefficient (Wildman–Crippen LogP) is 3.16. The van der Waals surface area contributed by atoms with E-state index in [1.807, 2.05) is 26.0 Å². The van der Waals surface area contributed by atoms with Gasteiger partial charge in [0.05, 0.1) is 18.2 Å². The minimum atomic E-state index is -0.703. The number of carbonyl (C=O) groups excluding carboxylic acids is 1. The molecule has 0 aromatic heterocycles. The molecule has 19 heavy (non-hydrogen) atoms. The van der Waals surface area contributed by atoms with Gasteiger partial charge in [-0.1, -0.05) is 25.3 Å². The highest BCUT2D eigenvalue weighted by atomic mass is 16.5. The molecule has 0 radical (unpaired) electrons. The summed E-state index contributed by atoms with van der Waals surface area (Å²) in [6.07, 6.45) is 4.81. The molecule has 3 nitrogen and oxygen atoms in total. The first-order valence-corrected chi connectivity index (χ1v) is 6.97. The predicted molar refractivity (Wildman–Crippen MR) is 76.8 cm³/mol. The average Bonchev–Trinajstić information content (AvgIpc) is 2.38. The van der Waals surface area contributed by atoms with Gasteiger partial charge < -0.3 is 10.5 Å². The zero-order valence-electron chi connectivity index (χ0n) is 12.1. The van der Waals surface area contributed by atoms with E-state index in [0.29, 0.717) is 11.3 Å². The molecule has 2 N–H and O–H groups in total. The number of methoxy groups -OCH3 is 1. The van der Waals surface area contributed by atoms with Gasteiger partial charge in [-0.25, -0.2) is 0 Å². The molecular formula is C16H23NO2. The highest BCUT2D eigenvalue weighted by molar-refractivity contribution is 6.06. The van der Waals surface area contributed by atoms with E-state index in [2.05, 4.69) is 0 Å². The van der Waals surface area contributed by atoms with Crippen molar-refractivity contribution in [3.8, 4) is 5.75 Å². The van der Waals surface area contributed by atoms with Crippen molar-refractivity contribution in [3.63, 3.8) is 0 Å². The van der Waals surface area contributed by atoms with Crippen LogP contribution < -0.4 is 10.5 Å². The Kier molecular flexibility index (Phi) is 3.95. The Labute approximate surface area is 115 Å². The van der Waals surface area contributed by atoms with Crippen LogP contribution in [0.4, 0.5) is 0 Å². The third kappa shape index (κ3) is 2.66. The second kappa shape index (κ2) is 5.33. The molecule has 0 unspecified atom stereocenters. The molecule has 1 saturated carbocycles. The molecule has 0 amide bonds. The van der Waals surface area contributed by atoms with E-state index in [9.17, 15) is 4.79 Å². The molecule has 3 heteroatoms. The molecule has 1 aromatic rings. The number of aryl methyl sites for hydroxylation is 2. The van der Waals surface area contributed by atoms with Crippen LogP contribution in [0.25, 0.3) is 0 Å². The van der Waals surface area contributed by atoms with Crippen molar-refractivity contribution in [1.29, 1.82) is 0 Å². The Bertz CT molecular complexity index is 488. The fourth-order valence-electron chi connectivity index (χ4n) is 3.04. The number of rotatable bonds is 3. The molecule has 1 aliphatic rings. The molecule has 2 rings (SSSR count). The molecule has 0 aliphatic heterocycles. The monoisotopic (exact) mass is 261 g/mol. The quantitative estimate of drug-likeness (QED) is 0.850. The molecule has 1 aromatic carbocycles. The standard InChI is InChI=1S/C16H23NO2/c1-11-9-12(2)14(13(10-11)19-3)15(18)16(17)7-5-4-6-8-16/h9-10H,4-8,17H2,1-3H3. The summed E-state index contributed by atoms with van der Waals surface area (Å²) in [7, 11) is 1.61. The number of hydrogen-bond acceptors (Lipinski definition) is 3. The van der Waals surface area contributed by atoms with Crippen molar-refractivity contribution in [1.82, 2.24) is 0 Å². The fourth-order valence-corrected chi connectivity index (χ4v) is 3.04. The minimum Gasteiger partial charge on any atom is -0.496 e. The summed E-state index contributed by atoms with van der Waals surface area (Å²) in [5.74, 6) is 0.694. The maximum absolute atomic E-state index is 12.8. The van der Waals surface area contributed by atoms with E-state index in [1.165, 1.54) is 6.42 Å². The van der Waals surface area contributed by atoms with E-state index in [4.69, 9.17) is 10.5 Å². The van der Waals surface area contributed by atoms with Crippen LogP contribution in [0.1, 0.15) is 53.6 Å². The summed E-state index contributed by atoms with van der Waals surface area (Å²) in [6.45, 7) is 3.96. The lowest BCUT2D eigenvalue weighted by atomic mass is 9.76. The molecule has 0 saturated heterocycles. The summed E-state index contributed by atoms with van der Waals surface area (Å²) >= 11 is 0. The van der Waals surface area contributed by atoms with Gasteiger partial charge in [0.1, 0.15) is 5.75 Å². The van der Waals surface area contributed by atoms with E-state index in [0.717, 1.165) is 36.8 Å². The molecule has 1 aliphatic carbocycles. The molecule has 0 bridgehead atoms. The van der Waals surface area contributed by atoms with Crippen LogP contribution in [0.2, 0.25) is 0 Å². The van der Waals surface area contributed by atoms with E-state index >= 15 is 0 Å². The Morgan fingerprint density at radius 3 is 2.42 bits per heavy atom. The van der Waals surface area contributed by atoms with Gasteiger partial charge in [0.15, 0.2) is 5.78 Å². The van der Waals surface area contributed by atoms with Crippen molar-refractivity contribution in [2.24, 2.45) is 5.73 Å². The number of ether oxygens (including phenoxy) is 1. The minimum absolute atomic E-state index is 0.0431. The lowest BCUT2D eigenvalue weighted by Crippen LogP contribution is -2.49. The molecular weight excluding hydrogens is 238 g/mol. The van der Waals surface area contributed by atoms with Crippen molar-refractivity contribution in [3.05, 3.63) is 28.8 Å². The molecule has 0 spiro atoms. The molecule has 0 heterocycles. The largest absolute Gasteiger partial charge is 0.496 e. The fraction of sp³-hybridized carbons (Fsp3) is 0.562. The van der Waals surface area contributed by atoms with E-state index in [-0.39, 0.29) is 5.78 Å². The SMILES string of the molecule is COc1cc(C)cc(C)c1C(=O)C1(N)CCCCC1. The van der Waals surface area contributed by atoms with Crippen LogP contribution >= 0.6 is 0 Å². The van der Waals surface area contributed by atoms with Gasteiger partial charge in [0, 0.05) is 0 Å². The van der Waals surface area contributed by atoms with Crippen LogP contribution in [0, 0.1) is 13.8 Å². The normalized spacial score (nSPS) is 18.1. The smallest absolute Gasteiger partial charge is 0.186 e. The third-order valence-electron chi connectivity index (χ3n) is 4.09. The van der Waals surface area contributed by atoms with Gasteiger partial charge in [-0.3, -0.25) is 4.79 Å². The topological polar surface area (TPSA) is 52.3 Å². The van der Waals surface area contributed by atoms with Crippen LogP contribution in [-0.4, -0.2) is 18.4 Å². The Morgan fingerprint density at radius 2 is 1.84 bits per heavy atom. The second-order valence-corrected chi connectivity index (χ2v) is 5.71. The first-order valence-electron chi connectivity index (χ1n) is 6.97. The van der Waals surface area contributed by atoms with E-state index in [1.54, 1.807) is 7.11 Å². The third-order valence-corrected chi connectivity index (χ3v) is 4.09. The number of Topliss-reactive ketones (excluding diaryl/α,β-unsaturated/α-hetero) is 1.